The van der Waals surface area contributed by atoms with Crippen molar-refractivity contribution in [2.75, 3.05) is 55.7 Å². The molecule has 3 heterocycles. The van der Waals surface area contributed by atoms with Crippen molar-refractivity contribution >= 4 is 35.1 Å². The molecule has 1 saturated heterocycles. The Hall–Kier alpha value is -4.44. The van der Waals surface area contributed by atoms with E-state index in [-0.39, 0.29) is 5.97 Å². The van der Waals surface area contributed by atoms with Crippen molar-refractivity contribution in [2.45, 2.75) is 33.1 Å². The lowest BCUT2D eigenvalue weighted by molar-refractivity contribution is -0.159. The number of para-hydroxylation sites is 1. The Kier molecular flexibility index (Phi) is 10.5. The fourth-order valence-corrected chi connectivity index (χ4v) is 5.41. The zero-order valence-electron chi connectivity index (χ0n) is 24.2. The Bertz CT molecular complexity index is 1390. The van der Waals surface area contributed by atoms with E-state index in [1.54, 1.807) is 12.3 Å². The highest BCUT2D eigenvalue weighted by atomic mass is 16.5. The molecule has 2 N–H and O–H groups in total. The summed E-state index contributed by atoms with van der Waals surface area (Å²) in [5, 5.41) is 14.8. The molecule has 1 aromatic heterocycles. The predicted octanol–water partition coefficient (Wildman–Crippen LogP) is 4.17. The second-order valence-corrected chi connectivity index (χ2v) is 10.3. The maximum atomic E-state index is 12.4. The Labute approximate surface area is 246 Å². The number of pyridine rings is 1. The van der Waals surface area contributed by atoms with Gasteiger partial charge in [0.2, 0.25) is 0 Å². The van der Waals surface area contributed by atoms with Gasteiger partial charge in [-0.1, -0.05) is 30.3 Å². The Morgan fingerprint density at radius 2 is 1.55 bits per heavy atom. The molecule has 0 unspecified atom stereocenters. The van der Waals surface area contributed by atoms with E-state index in [9.17, 15) is 4.79 Å². The number of carbonyl (C=O) groups is 3. The molecule has 0 amide bonds. The van der Waals surface area contributed by atoms with Gasteiger partial charge in [0.25, 0.3) is 0 Å². The van der Waals surface area contributed by atoms with E-state index in [2.05, 4.69) is 69.1 Å². The molecule has 0 saturated carbocycles. The van der Waals surface area contributed by atoms with Crippen molar-refractivity contribution in [1.29, 1.82) is 0 Å². The van der Waals surface area contributed by atoms with Crippen LogP contribution in [-0.2, 0) is 27.2 Å². The van der Waals surface area contributed by atoms with Crippen LogP contribution in [-0.4, -0.2) is 83.9 Å². The van der Waals surface area contributed by atoms with Crippen molar-refractivity contribution in [3.05, 3.63) is 83.0 Å². The van der Waals surface area contributed by atoms with E-state index in [1.165, 1.54) is 28.1 Å². The van der Waals surface area contributed by atoms with Gasteiger partial charge in [-0.25, -0.2) is 19.4 Å². The Balaban J connectivity index is 0.000000612. The van der Waals surface area contributed by atoms with E-state index in [0.717, 1.165) is 64.3 Å². The molecule has 0 atom stereocenters. The summed E-state index contributed by atoms with van der Waals surface area (Å²) < 4.78 is 5.24. The van der Waals surface area contributed by atoms with Crippen LogP contribution in [0.15, 0.2) is 60.8 Å². The summed E-state index contributed by atoms with van der Waals surface area (Å²) in [6.45, 7) is 10.1. The average Bonchev–Trinajstić information content (AvgIpc) is 3.14. The molecule has 10 heteroatoms. The SMILES string of the molecule is CCOC(=O)c1cccnc1N1CCN(CCCN2c3ccccc3CCc3ccc(C)cc32)CC1.O=C(O)C(=O)O. The van der Waals surface area contributed by atoms with Crippen LogP contribution in [0.1, 0.15) is 40.4 Å². The first kappa shape index (κ1) is 30.5. The molecular weight excluding hydrogens is 536 g/mol. The van der Waals surface area contributed by atoms with Crippen LogP contribution in [0.5, 0.6) is 0 Å². The van der Waals surface area contributed by atoms with Gasteiger partial charge in [-0.3, -0.25) is 4.90 Å². The van der Waals surface area contributed by atoms with Crippen molar-refractivity contribution in [3.8, 4) is 0 Å². The first-order valence-electron chi connectivity index (χ1n) is 14.3. The number of aryl methyl sites for hydroxylation is 3. The van der Waals surface area contributed by atoms with Gasteiger partial charge in [0, 0.05) is 50.3 Å². The third-order valence-corrected chi connectivity index (χ3v) is 7.47. The molecule has 10 nitrogen and oxygen atoms in total. The molecular formula is C32H38N4O6. The monoisotopic (exact) mass is 574 g/mol. The van der Waals surface area contributed by atoms with Crippen molar-refractivity contribution < 1.29 is 29.3 Å². The highest BCUT2D eigenvalue weighted by Crippen LogP contribution is 2.36. The standard InChI is InChI=1S/C30H36N4O2.C2H2O4/c1-3-36-30(35)26-9-6-15-31-29(26)33-20-18-32(19-21-33)16-7-17-34-27-10-5-4-8-24(27)13-14-25-12-11-23(2)22-28(25)34;3-1(4)2(5)6/h4-6,8-12,15,22H,3,7,13-14,16-21H2,1-2H3;(H,3,4)(H,5,6). The number of piperazine rings is 1. The quantitative estimate of drug-likeness (QED) is 0.314. The maximum Gasteiger partial charge on any atom is 0.414 e. The summed E-state index contributed by atoms with van der Waals surface area (Å²) in [4.78, 5) is 42.4. The summed E-state index contributed by atoms with van der Waals surface area (Å²) in [7, 11) is 0. The van der Waals surface area contributed by atoms with Gasteiger partial charge in [-0.2, -0.15) is 0 Å². The molecule has 42 heavy (non-hydrogen) atoms. The zero-order chi connectivity index (χ0) is 30.1. The lowest BCUT2D eigenvalue weighted by atomic mass is 10.0. The largest absolute Gasteiger partial charge is 0.473 e. The topological polar surface area (TPSA) is 124 Å². The number of anilines is 3. The van der Waals surface area contributed by atoms with Gasteiger partial charge in [0.1, 0.15) is 11.4 Å². The fraction of sp³-hybridized carbons (Fsp3) is 0.375. The van der Waals surface area contributed by atoms with Crippen LogP contribution in [0.3, 0.4) is 0 Å². The molecule has 5 rings (SSSR count). The molecule has 2 aliphatic heterocycles. The number of hydrogen-bond acceptors (Lipinski definition) is 8. The number of nitrogens with zero attached hydrogens (tertiary/aromatic N) is 4. The smallest absolute Gasteiger partial charge is 0.414 e. The van der Waals surface area contributed by atoms with Crippen LogP contribution >= 0.6 is 0 Å². The van der Waals surface area contributed by atoms with Gasteiger partial charge in [-0.05, 0) is 80.6 Å². The van der Waals surface area contributed by atoms with Crippen LogP contribution in [0.4, 0.5) is 17.2 Å². The van der Waals surface area contributed by atoms with Gasteiger partial charge in [-0.15, -0.1) is 0 Å². The lowest BCUT2D eigenvalue weighted by Gasteiger charge is -2.36. The molecule has 0 spiro atoms. The lowest BCUT2D eigenvalue weighted by Crippen LogP contribution is -2.47. The minimum Gasteiger partial charge on any atom is -0.473 e. The number of fused-ring (bicyclic) bond motifs is 2. The number of hydrogen-bond donors (Lipinski definition) is 2. The summed E-state index contributed by atoms with van der Waals surface area (Å²) in [5.74, 6) is -3.20. The third kappa shape index (κ3) is 7.64. The van der Waals surface area contributed by atoms with Crippen LogP contribution in [0.25, 0.3) is 0 Å². The second kappa shape index (κ2) is 14.5. The maximum absolute atomic E-state index is 12.4. The molecule has 0 radical (unpaired) electrons. The third-order valence-electron chi connectivity index (χ3n) is 7.47. The van der Waals surface area contributed by atoms with Gasteiger partial charge in [0.05, 0.1) is 6.61 Å². The Morgan fingerprint density at radius 3 is 2.24 bits per heavy atom. The molecule has 0 aliphatic carbocycles. The highest BCUT2D eigenvalue weighted by Gasteiger charge is 2.24. The number of benzene rings is 2. The van der Waals surface area contributed by atoms with Gasteiger partial charge in [0.15, 0.2) is 0 Å². The summed E-state index contributed by atoms with van der Waals surface area (Å²) >= 11 is 0. The predicted molar refractivity (Wildman–Crippen MR) is 161 cm³/mol. The summed E-state index contributed by atoms with van der Waals surface area (Å²) in [6, 6.07) is 19.4. The highest BCUT2D eigenvalue weighted by molar-refractivity contribution is 6.27. The summed E-state index contributed by atoms with van der Waals surface area (Å²) in [5.41, 5.74) is 7.47. The van der Waals surface area contributed by atoms with Crippen molar-refractivity contribution in [1.82, 2.24) is 9.88 Å². The van der Waals surface area contributed by atoms with E-state index in [4.69, 9.17) is 24.5 Å². The molecule has 3 aromatic rings. The van der Waals surface area contributed by atoms with E-state index >= 15 is 0 Å². The van der Waals surface area contributed by atoms with Crippen LogP contribution in [0.2, 0.25) is 0 Å². The molecule has 0 bridgehead atoms. The minimum absolute atomic E-state index is 0.295. The van der Waals surface area contributed by atoms with Crippen LogP contribution in [0, 0.1) is 6.92 Å². The molecule has 2 aliphatic rings. The number of ether oxygens (including phenoxy) is 1. The molecule has 1 fully saturated rings. The number of carboxylic acids is 2. The number of esters is 1. The average molecular weight is 575 g/mol. The second-order valence-electron chi connectivity index (χ2n) is 10.3. The van der Waals surface area contributed by atoms with E-state index < -0.39 is 11.9 Å². The minimum atomic E-state index is -1.82. The van der Waals surface area contributed by atoms with Gasteiger partial charge >= 0.3 is 17.9 Å². The van der Waals surface area contributed by atoms with E-state index in [1.807, 2.05) is 13.0 Å². The molecule has 2 aromatic carbocycles. The normalized spacial score (nSPS) is 14.5. The first-order chi connectivity index (χ1) is 20.3. The van der Waals surface area contributed by atoms with Gasteiger partial charge < -0.3 is 24.7 Å². The fourth-order valence-electron chi connectivity index (χ4n) is 5.41. The Morgan fingerprint density at radius 1 is 0.857 bits per heavy atom. The summed E-state index contributed by atoms with van der Waals surface area (Å²) in [6.07, 6.45) is 5.03. The zero-order valence-corrected chi connectivity index (χ0v) is 24.2. The van der Waals surface area contributed by atoms with E-state index in [0.29, 0.717) is 12.2 Å². The number of aliphatic carboxylic acids is 2. The molecule has 222 valence electrons. The van der Waals surface area contributed by atoms with Crippen molar-refractivity contribution in [2.24, 2.45) is 0 Å². The number of carboxylic acid groups (broad SMARTS) is 2. The van der Waals surface area contributed by atoms with Crippen LogP contribution < -0.4 is 9.80 Å². The number of aromatic nitrogens is 1. The van der Waals surface area contributed by atoms with Crippen molar-refractivity contribution in [3.63, 3.8) is 0 Å². The first-order valence-corrected chi connectivity index (χ1v) is 14.3. The number of rotatable bonds is 7. The number of carbonyl (C=O) groups excluding carboxylic acids is 1.